The zero-order valence-electron chi connectivity index (χ0n) is 15.5. The summed E-state index contributed by atoms with van der Waals surface area (Å²) in [5.41, 5.74) is 0. The van der Waals surface area contributed by atoms with Crippen LogP contribution in [-0.4, -0.2) is 73.2 Å². The number of rotatable bonds is 5. The van der Waals surface area contributed by atoms with Crippen molar-refractivity contribution >= 4 is 5.91 Å². The van der Waals surface area contributed by atoms with E-state index in [-0.39, 0.29) is 5.91 Å². The average Bonchev–Trinajstić information content (AvgIpc) is 3.01. The molecular formula is C19H35N3O2. The molecule has 3 rings (SSSR count). The number of carbonyl (C=O) groups is 1. The van der Waals surface area contributed by atoms with E-state index in [0.29, 0.717) is 24.8 Å². The first-order valence-corrected chi connectivity index (χ1v) is 9.98. The molecule has 1 amide bonds. The maximum Gasteiger partial charge on any atom is 0.234 e. The number of amides is 1. The molecule has 2 heterocycles. The molecule has 0 unspecified atom stereocenters. The summed E-state index contributed by atoms with van der Waals surface area (Å²) in [7, 11) is 0. The zero-order chi connectivity index (χ0) is 16.9. The minimum Gasteiger partial charge on any atom is -0.373 e. The van der Waals surface area contributed by atoms with E-state index in [1.807, 2.05) is 0 Å². The number of piperidine rings is 1. The fourth-order valence-electron chi connectivity index (χ4n) is 4.67. The number of carbonyl (C=O) groups excluding carboxylic acids is 1. The van der Waals surface area contributed by atoms with E-state index in [9.17, 15) is 4.79 Å². The first kappa shape index (κ1) is 18.2. The Morgan fingerprint density at radius 1 is 1.00 bits per heavy atom. The van der Waals surface area contributed by atoms with Crippen LogP contribution in [-0.2, 0) is 9.53 Å². The summed E-state index contributed by atoms with van der Waals surface area (Å²) in [6.45, 7) is 10.4. The minimum absolute atomic E-state index is 0.233. The van der Waals surface area contributed by atoms with Crippen molar-refractivity contribution < 1.29 is 9.53 Å². The molecule has 3 fully saturated rings. The van der Waals surface area contributed by atoms with Crippen molar-refractivity contribution in [2.75, 3.05) is 39.3 Å². The molecule has 0 bridgehead atoms. The lowest BCUT2D eigenvalue weighted by Crippen LogP contribution is -2.49. The van der Waals surface area contributed by atoms with Gasteiger partial charge in [-0.3, -0.25) is 14.6 Å². The van der Waals surface area contributed by atoms with E-state index >= 15 is 0 Å². The van der Waals surface area contributed by atoms with Crippen LogP contribution >= 0.6 is 0 Å². The first-order valence-electron chi connectivity index (χ1n) is 9.98. The predicted molar refractivity (Wildman–Crippen MR) is 96.0 cm³/mol. The monoisotopic (exact) mass is 337 g/mol. The molecule has 1 aliphatic carbocycles. The van der Waals surface area contributed by atoms with Crippen LogP contribution in [0.2, 0.25) is 0 Å². The fraction of sp³-hybridized carbons (Fsp3) is 0.947. The number of hydrogen-bond acceptors (Lipinski definition) is 4. The van der Waals surface area contributed by atoms with Gasteiger partial charge >= 0.3 is 0 Å². The van der Waals surface area contributed by atoms with Crippen molar-refractivity contribution in [3.8, 4) is 0 Å². The number of morpholine rings is 1. The summed E-state index contributed by atoms with van der Waals surface area (Å²) in [6, 6.07) is 0.445. The third-order valence-corrected chi connectivity index (χ3v) is 5.81. The van der Waals surface area contributed by atoms with Crippen molar-refractivity contribution in [2.24, 2.45) is 5.92 Å². The maximum absolute atomic E-state index is 12.2. The Hall–Kier alpha value is -0.650. The number of hydrogen-bond donors (Lipinski definition) is 1. The molecular weight excluding hydrogens is 302 g/mol. The molecule has 2 atom stereocenters. The molecule has 2 aliphatic heterocycles. The van der Waals surface area contributed by atoms with Crippen LogP contribution in [0, 0.1) is 5.92 Å². The lowest BCUT2D eigenvalue weighted by atomic mass is 9.95. The Bertz CT molecular complexity index is 393. The number of likely N-dealkylation sites (tertiary alicyclic amines) is 1. The highest BCUT2D eigenvalue weighted by molar-refractivity contribution is 5.78. The summed E-state index contributed by atoms with van der Waals surface area (Å²) in [6.07, 6.45) is 8.04. The Balaban J connectivity index is 1.34. The van der Waals surface area contributed by atoms with E-state index < -0.39 is 0 Å². The van der Waals surface area contributed by atoms with Gasteiger partial charge in [-0.25, -0.2) is 0 Å². The van der Waals surface area contributed by atoms with Crippen LogP contribution in [0.25, 0.3) is 0 Å². The second-order valence-corrected chi connectivity index (χ2v) is 8.24. The van der Waals surface area contributed by atoms with Gasteiger partial charge in [0.25, 0.3) is 0 Å². The molecule has 138 valence electrons. The summed E-state index contributed by atoms with van der Waals surface area (Å²) < 4.78 is 5.83. The third-order valence-electron chi connectivity index (χ3n) is 5.81. The standard InChI is InChI=1S/C19H35N3O2/c1-15-11-22(12-16(2)24-15)13-17-7-9-21(10-8-17)14-19(23)20-18-5-3-4-6-18/h15-18H,3-14H2,1-2H3,(H,20,23)/t15-,16-/m0/s1. The molecule has 3 aliphatic rings. The summed E-state index contributed by atoms with van der Waals surface area (Å²) in [4.78, 5) is 17.1. The van der Waals surface area contributed by atoms with E-state index in [0.717, 1.165) is 32.1 Å². The van der Waals surface area contributed by atoms with Crippen molar-refractivity contribution in [2.45, 2.75) is 70.6 Å². The second kappa shape index (κ2) is 8.63. The fourth-order valence-corrected chi connectivity index (χ4v) is 4.67. The molecule has 5 heteroatoms. The molecule has 0 aromatic carbocycles. The average molecular weight is 338 g/mol. The van der Waals surface area contributed by atoms with Crippen LogP contribution in [0.5, 0.6) is 0 Å². The molecule has 0 spiro atoms. The second-order valence-electron chi connectivity index (χ2n) is 8.24. The number of nitrogens with zero attached hydrogens (tertiary/aromatic N) is 2. The largest absolute Gasteiger partial charge is 0.373 e. The molecule has 0 aromatic rings. The predicted octanol–water partition coefficient (Wildman–Crippen LogP) is 1.87. The molecule has 24 heavy (non-hydrogen) atoms. The Labute approximate surface area is 147 Å². The van der Waals surface area contributed by atoms with Gasteiger partial charge in [0.2, 0.25) is 5.91 Å². The van der Waals surface area contributed by atoms with Gasteiger partial charge in [-0.05, 0) is 58.5 Å². The van der Waals surface area contributed by atoms with Gasteiger partial charge in [0.15, 0.2) is 0 Å². The zero-order valence-corrected chi connectivity index (χ0v) is 15.5. The van der Waals surface area contributed by atoms with Crippen molar-refractivity contribution in [3.05, 3.63) is 0 Å². The van der Waals surface area contributed by atoms with E-state index in [4.69, 9.17) is 4.74 Å². The molecule has 2 saturated heterocycles. The highest BCUT2D eigenvalue weighted by Crippen LogP contribution is 2.21. The van der Waals surface area contributed by atoms with Gasteiger partial charge in [-0.1, -0.05) is 12.8 Å². The van der Waals surface area contributed by atoms with Gasteiger partial charge in [0.05, 0.1) is 18.8 Å². The summed E-state index contributed by atoms with van der Waals surface area (Å²) in [5.74, 6) is 1.01. The quantitative estimate of drug-likeness (QED) is 0.832. The Morgan fingerprint density at radius 2 is 1.62 bits per heavy atom. The first-order chi connectivity index (χ1) is 11.6. The Morgan fingerprint density at radius 3 is 2.25 bits per heavy atom. The van der Waals surface area contributed by atoms with E-state index in [1.54, 1.807) is 0 Å². The third kappa shape index (κ3) is 5.43. The minimum atomic E-state index is 0.233. The van der Waals surface area contributed by atoms with E-state index in [2.05, 4.69) is 29.0 Å². The van der Waals surface area contributed by atoms with Gasteiger partial charge in [-0.2, -0.15) is 0 Å². The van der Waals surface area contributed by atoms with Crippen molar-refractivity contribution in [1.29, 1.82) is 0 Å². The van der Waals surface area contributed by atoms with Crippen LogP contribution < -0.4 is 5.32 Å². The van der Waals surface area contributed by atoms with Gasteiger partial charge in [0, 0.05) is 25.7 Å². The van der Waals surface area contributed by atoms with Crippen LogP contribution in [0.1, 0.15) is 52.4 Å². The maximum atomic E-state index is 12.2. The number of ether oxygens (including phenoxy) is 1. The summed E-state index contributed by atoms with van der Waals surface area (Å²) in [5, 5.41) is 3.21. The van der Waals surface area contributed by atoms with Gasteiger partial charge in [0.1, 0.15) is 0 Å². The molecule has 0 radical (unpaired) electrons. The smallest absolute Gasteiger partial charge is 0.234 e. The number of nitrogens with one attached hydrogen (secondary N) is 1. The van der Waals surface area contributed by atoms with Crippen LogP contribution in [0.15, 0.2) is 0 Å². The van der Waals surface area contributed by atoms with Gasteiger partial charge in [-0.15, -0.1) is 0 Å². The molecule has 1 saturated carbocycles. The van der Waals surface area contributed by atoms with Crippen LogP contribution in [0.4, 0.5) is 0 Å². The normalized spacial score (nSPS) is 31.4. The van der Waals surface area contributed by atoms with E-state index in [1.165, 1.54) is 45.1 Å². The molecule has 0 aromatic heterocycles. The van der Waals surface area contributed by atoms with Crippen LogP contribution in [0.3, 0.4) is 0 Å². The highest BCUT2D eigenvalue weighted by Gasteiger charge is 2.27. The van der Waals surface area contributed by atoms with Crippen molar-refractivity contribution in [3.63, 3.8) is 0 Å². The molecule has 5 nitrogen and oxygen atoms in total. The molecule has 1 N–H and O–H groups in total. The lowest BCUT2D eigenvalue weighted by Gasteiger charge is -2.39. The Kier molecular flexibility index (Phi) is 6.53. The van der Waals surface area contributed by atoms with Gasteiger partial charge < -0.3 is 10.1 Å². The SMILES string of the molecule is C[C@H]1CN(CC2CCN(CC(=O)NC3CCCC3)CC2)C[C@H](C)O1. The summed E-state index contributed by atoms with van der Waals surface area (Å²) >= 11 is 0. The highest BCUT2D eigenvalue weighted by atomic mass is 16.5. The topological polar surface area (TPSA) is 44.8 Å². The van der Waals surface area contributed by atoms with Crippen molar-refractivity contribution in [1.82, 2.24) is 15.1 Å². The lowest BCUT2D eigenvalue weighted by molar-refractivity contribution is -0.123.